The van der Waals surface area contributed by atoms with Crippen molar-refractivity contribution in [1.82, 2.24) is 14.5 Å². The molecule has 2 heterocycles. The highest BCUT2D eigenvalue weighted by molar-refractivity contribution is 7.71. The predicted molar refractivity (Wildman–Crippen MR) is 76.1 cm³/mol. The summed E-state index contributed by atoms with van der Waals surface area (Å²) in [7, 11) is 0. The van der Waals surface area contributed by atoms with Crippen molar-refractivity contribution in [3.63, 3.8) is 0 Å². The molecular weight excluding hydrogens is 242 g/mol. The number of pyridine rings is 1. The van der Waals surface area contributed by atoms with Crippen LogP contribution in [0.4, 0.5) is 0 Å². The fourth-order valence-electron chi connectivity index (χ4n) is 3.25. The molecule has 0 bridgehead atoms. The summed E-state index contributed by atoms with van der Waals surface area (Å²) in [6.45, 7) is 3.36. The number of fused-ring (bicyclic) bond motifs is 1. The van der Waals surface area contributed by atoms with Gasteiger partial charge in [-0.15, -0.1) is 0 Å². The molecule has 0 atom stereocenters. The van der Waals surface area contributed by atoms with E-state index in [-0.39, 0.29) is 0 Å². The highest BCUT2D eigenvalue weighted by atomic mass is 32.1. The molecule has 2 aromatic rings. The van der Waals surface area contributed by atoms with Crippen molar-refractivity contribution in [3.8, 4) is 0 Å². The van der Waals surface area contributed by atoms with Crippen LogP contribution < -0.4 is 0 Å². The van der Waals surface area contributed by atoms with Crippen molar-refractivity contribution in [2.24, 2.45) is 5.41 Å². The topological polar surface area (TPSA) is 33.6 Å². The Morgan fingerprint density at radius 2 is 2.22 bits per heavy atom. The second kappa shape index (κ2) is 4.50. The summed E-state index contributed by atoms with van der Waals surface area (Å²) in [6.07, 6.45) is 10.3. The summed E-state index contributed by atoms with van der Waals surface area (Å²) in [6, 6.07) is 2.06. The maximum atomic E-state index is 5.46. The number of imidazole rings is 1. The van der Waals surface area contributed by atoms with E-state index >= 15 is 0 Å². The molecule has 0 spiro atoms. The van der Waals surface area contributed by atoms with Gasteiger partial charge in [0.05, 0.1) is 17.2 Å². The average Bonchev–Trinajstić information content (AvgIpc) is 2.97. The molecule has 0 aliphatic heterocycles. The zero-order valence-corrected chi connectivity index (χ0v) is 11.6. The van der Waals surface area contributed by atoms with Crippen LogP contribution in [0.25, 0.3) is 11.0 Å². The van der Waals surface area contributed by atoms with Gasteiger partial charge in [-0.05, 0) is 43.0 Å². The van der Waals surface area contributed by atoms with Gasteiger partial charge in [-0.2, -0.15) is 0 Å². The van der Waals surface area contributed by atoms with Gasteiger partial charge in [-0.25, -0.2) is 0 Å². The van der Waals surface area contributed by atoms with Gasteiger partial charge in [-0.3, -0.25) is 4.98 Å². The molecule has 1 fully saturated rings. The van der Waals surface area contributed by atoms with Crippen molar-refractivity contribution in [1.29, 1.82) is 0 Å². The summed E-state index contributed by atoms with van der Waals surface area (Å²) in [5, 5.41) is 0. The molecule has 1 aliphatic carbocycles. The minimum Gasteiger partial charge on any atom is -0.329 e. The van der Waals surface area contributed by atoms with Gasteiger partial charge in [0.2, 0.25) is 0 Å². The van der Waals surface area contributed by atoms with E-state index in [2.05, 4.69) is 27.5 Å². The van der Waals surface area contributed by atoms with Crippen LogP contribution in [0.1, 0.15) is 39.0 Å². The number of aromatic nitrogens is 3. The van der Waals surface area contributed by atoms with Crippen LogP contribution in [0.5, 0.6) is 0 Å². The van der Waals surface area contributed by atoms with Crippen LogP contribution in [0.3, 0.4) is 0 Å². The monoisotopic (exact) mass is 261 g/mol. The maximum absolute atomic E-state index is 5.46. The lowest BCUT2D eigenvalue weighted by Gasteiger charge is -2.28. The van der Waals surface area contributed by atoms with Gasteiger partial charge in [0.25, 0.3) is 0 Å². The number of H-pyrrole nitrogens is 1. The maximum Gasteiger partial charge on any atom is 0.178 e. The number of nitrogens with zero attached hydrogens (tertiary/aromatic N) is 2. The molecule has 0 amide bonds. The van der Waals surface area contributed by atoms with Crippen molar-refractivity contribution in [3.05, 3.63) is 23.2 Å². The third kappa shape index (κ3) is 1.88. The zero-order chi connectivity index (χ0) is 12.6. The molecule has 2 aromatic heterocycles. The van der Waals surface area contributed by atoms with Crippen LogP contribution in [-0.4, -0.2) is 14.5 Å². The molecular formula is C14H19N3S. The quantitative estimate of drug-likeness (QED) is 0.845. The molecule has 4 heteroatoms. The minimum absolute atomic E-state index is 0.455. The lowest BCUT2D eigenvalue weighted by Crippen LogP contribution is -2.22. The Bertz CT molecular complexity index is 605. The predicted octanol–water partition coefficient (Wildman–Crippen LogP) is 4.06. The largest absolute Gasteiger partial charge is 0.329 e. The SMILES string of the molecule is CCC1(Cn2c(=S)[nH]c3cnccc32)CCCC1. The second-order valence-corrected chi connectivity index (χ2v) is 5.86. The zero-order valence-electron chi connectivity index (χ0n) is 10.8. The Morgan fingerprint density at radius 3 is 2.94 bits per heavy atom. The summed E-state index contributed by atoms with van der Waals surface area (Å²) < 4.78 is 3.10. The first kappa shape index (κ1) is 11.9. The Kier molecular flexibility index (Phi) is 2.98. The molecule has 0 saturated heterocycles. The molecule has 0 aromatic carbocycles. The number of rotatable bonds is 3. The fourth-order valence-corrected chi connectivity index (χ4v) is 3.52. The standard InChI is InChI=1S/C14H19N3S/c1-2-14(6-3-4-7-14)10-17-12-5-8-15-9-11(12)16-13(17)18/h5,8-9H,2-4,6-7,10H2,1H3,(H,16,18). The van der Waals surface area contributed by atoms with E-state index < -0.39 is 0 Å². The Morgan fingerprint density at radius 1 is 1.44 bits per heavy atom. The van der Waals surface area contributed by atoms with Crippen molar-refractivity contribution in [2.75, 3.05) is 0 Å². The van der Waals surface area contributed by atoms with Gasteiger partial charge >= 0.3 is 0 Å². The second-order valence-electron chi connectivity index (χ2n) is 5.47. The van der Waals surface area contributed by atoms with Crippen molar-refractivity contribution < 1.29 is 0 Å². The van der Waals surface area contributed by atoms with Crippen molar-refractivity contribution >= 4 is 23.3 Å². The minimum atomic E-state index is 0.455. The molecule has 18 heavy (non-hydrogen) atoms. The van der Waals surface area contributed by atoms with E-state index in [1.165, 1.54) is 37.6 Å². The molecule has 1 N–H and O–H groups in total. The summed E-state index contributed by atoms with van der Waals surface area (Å²) in [5.74, 6) is 0. The lowest BCUT2D eigenvalue weighted by molar-refractivity contribution is 0.239. The Hall–Kier alpha value is -1.16. The normalized spacial score (nSPS) is 18.5. The summed E-state index contributed by atoms with van der Waals surface area (Å²) in [5.41, 5.74) is 2.69. The van der Waals surface area contributed by atoms with Crippen LogP contribution in [0.2, 0.25) is 0 Å². The van der Waals surface area contributed by atoms with Crippen molar-refractivity contribution in [2.45, 2.75) is 45.6 Å². The summed E-state index contributed by atoms with van der Waals surface area (Å²) in [4.78, 5) is 7.40. The van der Waals surface area contributed by atoms with Gasteiger partial charge in [0.15, 0.2) is 4.77 Å². The van der Waals surface area contributed by atoms with E-state index in [9.17, 15) is 0 Å². The Labute approximate surface area is 112 Å². The smallest absolute Gasteiger partial charge is 0.178 e. The summed E-state index contributed by atoms with van der Waals surface area (Å²) >= 11 is 5.46. The van der Waals surface area contributed by atoms with E-state index in [0.29, 0.717) is 5.41 Å². The van der Waals surface area contributed by atoms with E-state index in [0.717, 1.165) is 16.8 Å². The van der Waals surface area contributed by atoms with Gasteiger partial charge < -0.3 is 9.55 Å². The highest BCUT2D eigenvalue weighted by Crippen LogP contribution is 2.42. The molecule has 96 valence electrons. The average molecular weight is 261 g/mol. The van der Waals surface area contributed by atoms with Crippen LogP contribution >= 0.6 is 12.2 Å². The Balaban J connectivity index is 2.04. The first-order valence-electron chi connectivity index (χ1n) is 6.77. The number of nitrogens with one attached hydrogen (secondary N) is 1. The highest BCUT2D eigenvalue weighted by Gasteiger charge is 2.32. The third-order valence-corrected chi connectivity index (χ3v) is 4.81. The molecule has 0 unspecified atom stereocenters. The molecule has 0 radical (unpaired) electrons. The van der Waals surface area contributed by atoms with Crippen LogP contribution in [-0.2, 0) is 6.54 Å². The first-order valence-corrected chi connectivity index (χ1v) is 7.17. The van der Waals surface area contributed by atoms with E-state index in [4.69, 9.17) is 12.2 Å². The fraction of sp³-hybridized carbons (Fsp3) is 0.571. The molecule has 3 rings (SSSR count). The van der Waals surface area contributed by atoms with Gasteiger partial charge in [-0.1, -0.05) is 19.8 Å². The lowest BCUT2D eigenvalue weighted by atomic mass is 9.83. The molecule has 3 nitrogen and oxygen atoms in total. The van der Waals surface area contributed by atoms with Gasteiger partial charge in [0.1, 0.15) is 0 Å². The van der Waals surface area contributed by atoms with Crippen LogP contribution in [0, 0.1) is 10.2 Å². The van der Waals surface area contributed by atoms with Gasteiger partial charge in [0, 0.05) is 12.7 Å². The van der Waals surface area contributed by atoms with E-state index in [1.54, 1.807) is 0 Å². The number of aromatic amines is 1. The first-order chi connectivity index (χ1) is 8.74. The number of hydrogen-bond acceptors (Lipinski definition) is 2. The third-order valence-electron chi connectivity index (χ3n) is 4.48. The molecule has 1 saturated carbocycles. The van der Waals surface area contributed by atoms with E-state index in [1.807, 2.05) is 12.4 Å². The molecule has 1 aliphatic rings. The number of hydrogen-bond donors (Lipinski definition) is 1. The van der Waals surface area contributed by atoms with Crippen LogP contribution in [0.15, 0.2) is 18.5 Å².